The summed E-state index contributed by atoms with van der Waals surface area (Å²) in [4.78, 5) is 10.6. The number of hydrogen-bond donors (Lipinski definition) is 2. The third kappa shape index (κ3) is 2.68. The Morgan fingerprint density at radius 2 is 2.10 bits per heavy atom. The van der Waals surface area contributed by atoms with Gasteiger partial charge in [-0.1, -0.05) is 11.6 Å². The molecule has 0 saturated heterocycles. The van der Waals surface area contributed by atoms with Gasteiger partial charge < -0.3 is 11.1 Å². The number of fused-ring (bicyclic) bond motifs is 1. The number of hydrogen-bond acceptors (Lipinski definition) is 5. The Balaban J connectivity index is 2.10. The number of nitrogens with one attached hydrogen (secondary N) is 1. The Kier molecular flexibility index (Phi) is 3.70. The lowest BCUT2D eigenvalue weighted by molar-refractivity contribution is 1.24. The summed E-state index contributed by atoms with van der Waals surface area (Å²) in [7, 11) is 0. The van der Waals surface area contributed by atoms with Crippen molar-refractivity contribution in [1.82, 2.24) is 9.97 Å². The first-order chi connectivity index (χ1) is 9.52. The molecule has 0 spiro atoms. The first-order valence-corrected chi connectivity index (χ1v) is 8.06. The van der Waals surface area contributed by atoms with E-state index in [-0.39, 0.29) is 5.95 Å². The Bertz CT molecular complexity index is 802. The number of anilines is 3. The molecule has 0 bridgehead atoms. The Hall–Kier alpha value is -1.12. The van der Waals surface area contributed by atoms with Crippen LogP contribution in [0.25, 0.3) is 10.2 Å². The number of aryl methyl sites for hydroxylation is 1. The van der Waals surface area contributed by atoms with Crippen LogP contribution < -0.4 is 11.1 Å². The molecule has 3 N–H and O–H groups in total. The van der Waals surface area contributed by atoms with Gasteiger partial charge in [-0.25, -0.2) is 4.98 Å². The van der Waals surface area contributed by atoms with Crippen LogP contribution in [0, 0.1) is 10.5 Å². The molecule has 20 heavy (non-hydrogen) atoms. The largest absolute Gasteiger partial charge is 0.368 e. The van der Waals surface area contributed by atoms with Gasteiger partial charge >= 0.3 is 0 Å². The van der Waals surface area contributed by atoms with Crippen molar-refractivity contribution in [3.05, 3.63) is 37.7 Å². The predicted octanol–water partition coefficient (Wildman–Crippen LogP) is 4.58. The molecule has 2 heterocycles. The van der Waals surface area contributed by atoms with Gasteiger partial charge in [0.25, 0.3) is 0 Å². The van der Waals surface area contributed by atoms with Crippen LogP contribution in [0.3, 0.4) is 0 Å². The van der Waals surface area contributed by atoms with Gasteiger partial charge in [-0.15, -0.1) is 11.3 Å². The van der Waals surface area contributed by atoms with E-state index in [0.717, 1.165) is 25.3 Å². The number of benzene rings is 1. The van der Waals surface area contributed by atoms with E-state index >= 15 is 0 Å². The summed E-state index contributed by atoms with van der Waals surface area (Å²) in [6.07, 6.45) is 0. The monoisotopic (exact) mass is 416 g/mol. The van der Waals surface area contributed by atoms with Crippen molar-refractivity contribution < 1.29 is 0 Å². The Morgan fingerprint density at radius 3 is 2.85 bits per heavy atom. The van der Waals surface area contributed by atoms with Crippen molar-refractivity contribution in [1.29, 1.82) is 0 Å². The number of thiophene rings is 1. The molecule has 0 aliphatic rings. The molecule has 2 aromatic heterocycles. The summed E-state index contributed by atoms with van der Waals surface area (Å²) in [5.74, 6) is 0.989. The first kappa shape index (κ1) is 13.8. The fourth-order valence-corrected chi connectivity index (χ4v) is 3.76. The predicted molar refractivity (Wildman–Crippen MR) is 94.0 cm³/mol. The summed E-state index contributed by atoms with van der Waals surface area (Å²) < 4.78 is 1.02. The van der Waals surface area contributed by atoms with Crippen LogP contribution in [-0.4, -0.2) is 9.97 Å². The number of nitrogens with zero attached hydrogens (tertiary/aromatic N) is 2. The van der Waals surface area contributed by atoms with Crippen LogP contribution >= 0.6 is 45.5 Å². The van der Waals surface area contributed by atoms with Crippen molar-refractivity contribution in [3.8, 4) is 0 Å². The quantitative estimate of drug-likeness (QED) is 0.600. The molecule has 0 radical (unpaired) electrons. The number of rotatable bonds is 2. The minimum atomic E-state index is 0.269. The fourth-order valence-electron chi connectivity index (χ4n) is 1.87. The van der Waals surface area contributed by atoms with E-state index in [1.54, 1.807) is 11.3 Å². The summed E-state index contributed by atoms with van der Waals surface area (Å²) in [6, 6.07) is 7.72. The van der Waals surface area contributed by atoms with E-state index in [0.29, 0.717) is 5.02 Å². The normalized spacial score (nSPS) is 10.9. The molecule has 7 heteroatoms. The summed E-state index contributed by atoms with van der Waals surface area (Å²) in [5, 5.41) is 4.99. The van der Waals surface area contributed by atoms with Crippen LogP contribution in [0.2, 0.25) is 5.02 Å². The Morgan fingerprint density at radius 1 is 1.30 bits per heavy atom. The average Bonchev–Trinajstić information content (AvgIpc) is 2.73. The minimum Gasteiger partial charge on any atom is -0.368 e. The molecular weight excluding hydrogens is 407 g/mol. The smallest absolute Gasteiger partial charge is 0.223 e. The van der Waals surface area contributed by atoms with Gasteiger partial charge in [0.2, 0.25) is 5.95 Å². The highest BCUT2D eigenvalue weighted by atomic mass is 127. The molecule has 0 fully saturated rings. The lowest BCUT2D eigenvalue weighted by atomic mass is 10.3. The standard InChI is InChI=1S/C13H10ClIN4S/c1-6-4-8-11(18-13(16)19-12(8)20-6)17-10-3-2-7(14)5-9(10)15/h2-5H,1H3,(H3,16,17,18,19). The van der Waals surface area contributed by atoms with Crippen LogP contribution in [0.4, 0.5) is 17.5 Å². The lowest BCUT2D eigenvalue weighted by Gasteiger charge is -2.09. The number of aromatic nitrogens is 2. The zero-order valence-corrected chi connectivity index (χ0v) is 14.2. The zero-order valence-electron chi connectivity index (χ0n) is 10.4. The van der Waals surface area contributed by atoms with E-state index in [1.165, 1.54) is 4.88 Å². The SMILES string of the molecule is Cc1cc2c(Nc3ccc(Cl)cc3I)nc(N)nc2s1. The molecule has 0 atom stereocenters. The van der Waals surface area contributed by atoms with E-state index in [2.05, 4.69) is 43.9 Å². The van der Waals surface area contributed by atoms with E-state index in [9.17, 15) is 0 Å². The zero-order chi connectivity index (χ0) is 14.3. The third-order valence-corrected chi connectivity index (χ3v) is 4.79. The van der Waals surface area contributed by atoms with Gasteiger partial charge in [-0.2, -0.15) is 4.98 Å². The maximum atomic E-state index is 5.97. The third-order valence-electron chi connectivity index (χ3n) is 2.72. The van der Waals surface area contributed by atoms with E-state index in [1.807, 2.05) is 25.1 Å². The van der Waals surface area contributed by atoms with Crippen molar-refractivity contribution in [3.63, 3.8) is 0 Å². The number of nitrogens with two attached hydrogens (primary N) is 1. The highest BCUT2D eigenvalue weighted by molar-refractivity contribution is 14.1. The van der Waals surface area contributed by atoms with Gasteiger partial charge in [0, 0.05) is 13.5 Å². The van der Waals surface area contributed by atoms with Crippen LogP contribution in [0.15, 0.2) is 24.3 Å². The van der Waals surface area contributed by atoms with Crippen molar-refractivity contribution in [2.45, 2.75) is 6.92 Å². The van der Waals surface area contributed by atoms with Gasteiger partial charge in [0.15, 0.2) is 0 Å². The minimum absolute atomic E-state index is 0.269. The molecule has 102 valence electrons. The van der Waals surface area contributed by atoms with Gasteiger partial charge in [0.05, 0.1) is 11.1 Å². The second kappa shape index (κ2) is 5.34. The molecule has 1 aromatic carbocycles. The second-order valence-electron chi connectivity index (χ2n) is 4.26. The average molecular weight is 417 g/mol. The fraction of sp³-hybridized carbons (Fsp3) is 0.0769. The summed E-state index contributed by atoms with van der Waals surface area (Å²) in [6.45, 7) is 2.04. The van der Waals surface area contributed by atoms with Crippen molar-refractivity contribution >= 4 is 73.2 Å². The van der Waals surface area contributed by atoms with E-state index in [4.69, 9.17) is 17.3 Å². The van der Waals surface area contributed by atoms with E-state index < -0.39 is 0 Å². The van der Waals surface area contributed by atoms with Gasteiger partial charge in [0.1, 0.15) is 10.6 Å². The molecule has 3 aromatic rings. The molecule has 0 unspecified atom stereocenters. The molecule has 0 aliphatic carbocycles. The van der Waals surface area contributed by atoms with Gasteiger partial charge in [-0.05, 0) is 53.8 Å². The first-order valence-electron chi connectivity index (χ1n) is 5.78. The summed E-state index contributed by atoms with van der Waals surface area (Å²) in [5.41, 5.74) is 6.71. The summed E-state index contributed by atoms with van der Waals surface area (Å²) >= 11 is 9.80. The molecule has 0 amide bonds. The van der Waals surface area contributed by atoms with Crippen LogP contribution in [0.5, 0.6) is 0 Å². The molecule has 4 nitrogen and oxygen atoms in total. The number of nitrogen functional groups attached to an aromatic ring is 1. The molecule has 0 aliphatic heterocycles. The topological polar surface area (TPSA) is 63.8 Å². The highest BCUT2D eigenvalue weighted by Gasteiger charge is 2.11. The van der Waals surface area contributed by atoms with Crippen LogP contribution in [-0.2, 0) is 0 Å². The van der Waals surface area contributed by atoms with Gasteiger partial charge in [-0.3, -0.25) is 0 Å². The highest BCUT2D eigenvalue weighted by Crippen LogP contribution is 2.32. The van der Waals surface area contributed by atoms with Crippen molar-refractivity contribution in [2.75, 3.05) is 11.1 Å². The second-order valence-corrected chi connectivity index (χ2v) is 7.09. The maximum absolute atomic E-state index is 5.97. The maximum Gasteiger partial charge on any atom is 0.223 e. The number of halogens is 2. The van der Waals surface area contributed by atoms with Crippen LogP contribution in [0.1, 0.15) is 4.88 Å². The van der Waals surface area contributed by atoms with Crippen molar-refractivity contribution in [2.24, 2.45) is 0 Å². The lowest BCUT2D eigenvalue weighted by Crippen LogP contribution is -2.01. The Labute approximate surface area is 138 Å². The molecule has 3 rings (SSSR count). The molecular formula is C13H10ClIN4S. The molecule has 0 saturated carbocycles.